The standard InChI is InChI=1S/C24H33N3O3/c1-8-14-30-23(28)18-15(3)25-22-20(21(24(4,5)6)26-27(22)7)19(18)16-12-10-11-13-17(16)29-9-2/h10-13,18-19H,8-9,14H2,1-7H3. The monoisotopic (exact) mass is 411 g/mol. The first-order chi connectivity index (χ1) is 14.2. The molecule has 0 saturated carbocycles. The lowest BCUT2D eigenvalue weighted by atomic mass is 9.73. The van der Waals surface area contributed by atoms with E-state index in [4.69, 9.17) is 19.6 Å². The minimum Gasteiger partial charge on any atom is -0.494 e. The van der Waals surface area contributed by atoms with E-state index in [1.54, 1.807) is 0 Å². The Morgan fingerprint density at radius 3 is 2.53 bits per heavy atom. The first-order valence-electron chi connectivity index (χ1n) is 10.7. The molecule has 2 heterocycles. The predicted molar refractivity (Wildman–Crippen MR) is 119 cm³/mol. The van der Waals surface area contributed by atoms with Crippen LogP contribution in [0.1, 0.15) is 70.7 Å². The average Bonchev–Trinajstić information content (AvgIpc) is 3.02. The maximum Gasteiger partial charge on any atom is 0.315 e. The Hall–Kier alpha value is -2.63. The maximum atomic E-state index is 13.2. The highest BCUT2D eigenvalue weighted by molar-refractivity contribution is 6.05. The molecular weight excluding hydrogens is 378 g/mol. The number of aryl methyl sites for hydroxylation is 1. The third-order valence-electron chi connectivity index (χ3n) is 5.40. The SMILES string of the molecule is CCCOC(=O)C1C(C)=Nc2c(c(C(C)(C)C)nn2C)C1c1ccccc1OCC. The van der Waals surface area contributed by atoms with Gasteiger partial charge >= 0.3 is 5.97 Å². The molecule has 2 unspecified atom stereocenters. The van der Waals surface area contributed by atoms with Crippen molar-refractivity contribution in [3.8, 4) is 5.75 Å². The van der Waals surface area contributed by atoms with Crippen LogP contribution in [0.25, 0.3) is 0 Å². The minimum absolute atomic E-state index is 0.206. The molecule has 1 aromatic carbocycles. The summed E-state index contributed by atoms with van der Waals surface area (Å²) >= 11 is 0. The van der Waals surface area contributed by atoms with Gasteiger partial charge in [-0.3, -0.25) is 9.48 Å². The molecule has 1 aliphatic rings. The predicted octanol–water partition coefficient (Wildman–Crippen LogP) is 4.92. The quantitative estimate of drug-likeness (QED) is 0.633. The van der Waals surface area contributed by atoms with E-state index in [0.717, 1.165) is 40.5 Å². The van der Waals surface area contributed by atoms with Crippen molar-refractivity contribution in [2.24, 2.45) is 18.0 Å². The van der Waals surface area contributed by atoms with E-state index in [0.29, 0.717) is 13.2 Å². The van der Waals surface area contributed by atoms with Crippen LogP contribution in [0.5, 0.6) is 5.75 Å². The number of hydrogen-bond acceptors (Lipinski definition) is 5. The van der Waals surface area contributed by atoms with Gasteiger partial charge < -0.3 is 9.47 Å². The van der Waals surface area contributed by atoms with Gasteiger partial charge in [0.15, 0.2) is 5.82 Å². The molecule has 0 saturated heterocycles. The van der Waals surface area contributed by atoms with Crippen molar-refractivity contribution in [1.82, 2.24) is 9.78 Å². The van der Waals surface area contributed by atoms with Crippen LogP contribution in [-0.2, 0) is 22.0 Å². The highest BCUT2D eigenvalue weighted by Gasteiger charge is 2.44. The lowest BCUT2D eigenvalue weighted by Crippen LogP contribution is -2.34. The number of aliphatic imine (C=N–C) groups is 1. The van der Waals surface area contributed by atoms with Crippen molar-refractivity contribution < 1.29 is 14.3 Å². The molecule has 0 aliphatic carbocycles. The number of esters is 1. The van der Waals surface area contributed by atoms with Gasteiger partial charge in [0.2, 0.25) is 0 Å². The summed E-state index contributed by atoms with van der Waals surface area (Å²) in [7, 11) is 1.91. The van der Waals surface area contributed by atoms with E-state index in [9.17, 15) is 4.79 Å². The number of fused-ring (bicyclic) bond motifs is 1. The van der Waals surface area contributed by atoms with E-state index in [1.165, 1.54) is 0 Å². The molecule has 3 rings (SSSR count). The number of rotatable bonds is 6. The number of carbonyl (C=O) groups excluding carboxylic acids is 1. The summed E-state index contributed by atoms with van der Waals surface area (Å²) in [5, 5.41) is 4.82. The number of para-hydroxylation sites is 1. The second kappa shape index (κ2) is 8.62. The molecule has 6 nitrogen and oxygen atoms in total. The first-order valence-corrected chi connectivity index (χ1v) is 10.7. The van der Waals surface area contributed by atoms with Gasteiger partial charge in [0.1, 0.15) is 11.7 Å². The number of benzene rings is 1. The molecule has 2 aromatic rings. The van der Waals surface area contributed by atoms with Gasteiger partial charge in [-0.2, -0.15) is 5.10 Å². The highest BCUT2D eigenvalue weighted by Crippen LogP contribution is 2.49. The van der Waals surface area contributed by atoms with Crippen molar-refractivity contribution in [3.63, 3.8) is 0 Å². The van der Waals surface area contributed by atoms with Gasteiger partial charge in [0, 0.05) is 35.2 Å². The first kappa shape index (κ1) is 22.1. The summed E-state index contributed by atoms with van der Waals surface area (Å²) < 4.78 is 13.4. The van der Waals surface area contributed by atoms with Crippen LogP contribution in [0.4, 0.5) is 5.82 Å². The Bertz CT molecular complexity index is 953. The van der Waals surface area contributed by atoms with Gasteiger partial charge in [0.05, 0.1) is 18.9 Å². The molecule has 0 fully saturated rings. The van der Waals surface area contributed by atoms with E-state index in [1.807, 2.05) is 56.8 Å². The molecular formula is C24H33N3O3. The zero-order valence-corrected chi connectivity index (χ0v) is 19.2. The van der Waals surface area contributed by atoms with Crippen LogP contribution < -0.4 is 4.74 Å². The van der Waals surface area contributed by atoms with E-state index >= 15 is 0 Å². The fourth-order valence-corrected chi connectivity index (χ4v) is 4.11. The summed E-state index contributed by atoms with van der Waals surface area (Å²) in [5.41, 5.74) is 3.43. The largest absolute Gasteiger partial charge is 0.494 e. The highest BCUT2D eigenvalue weighted by atomic mass is 16.5. The Kier molecular flexibility index (Phi) is 6.34. The normalized spacial score (nSPS) is 18.6. The van der Waals surface area contributed by atoms with Crippen molar-refractivity contribution >= 4 is 17.5 Å². The lowest BCUT2D eigenvalue weighted by Gasteiger charge is -2.32. The smallest absolute Gasteiger partial charge is 0.315 e. The molecule has 0 amide bonds. The van der Waals surface area contributed by atoms with Crippen LogP contribution in [0.15, 0.2) is 29.3 Å². The topological polar surface area (TPSA) is 65.7 Å². The number of aromatic nitrogens is 2. The number of carbonyl (C=O) groups is 1. The number of nitrogens with zero attached hydrogens (tertiary/aromatic N) is 3. The lowest BCUT2D eigenvalue weighted by molar-refractivity contribution is -0.146. The van der Waals surface area contributed by atoms with Crippen LogP contribution in [0, 0.1) is 5.92 Å². The number of ether oxygens (including phenoxy) is 2. The second-order valence-electron chi connectivity index (χ2n) is 8.81. The molecule has 1 aromatic heterocycles. The minimum atomic E-state index is -0.518. The molecule has 0 spiro atoms. The van der Waals surface area contributed by atoms with Crippen LogP contribution in [0.3, 0.4) is 0 Å². The van der Waals surface area contributed by atoms with Gasteiger partial charge in [-0.25, -0.2) is 4.99 Å². The zero-order valence-electron chi connectivity index (χ0n) is 19.2. The van der Waals surface area contributed by atoms with Gasteiger partial charge in [-0.1, -0.05) is 45.9 Å². The molecule has 0 radical (unpaired) electrons. The Morgan fingerprint density at radius 2 is 1.90 bits per heavy atom. The Balaban J connectivity index is 2.29. The van der Waals surface area contributed by atoms with Crippen molar-refractivity contribution in [1.29, 1.82) is 0 Å². The van der Waals surface area contributed by atoms with Crippen LogP contribution in [-0.4, -0.2) is 34.7 Å². The summed E-state index contributed by atoms with van der Waals surface area (Å²) in [5.74, 6) is 0.545. The second-order valence-corrected chi connectivity index (χ2v) is 8.81. The third kappa shape index (κ3) is 4.00. The van der Waals surface area contributed by atoms with Crippen LogP contribution in [0.2, 0.25) is 0 Å². The Labute approximate surface area is 179 Å². The van der Waals surface area contributed by atoms with E-state index < -0.39 is 5.92 Å². The van der Waals surface area contributed by atoms with Crippen molar-refractivity contribution in [2.45, 2.75) is 59.3 Å². The average molecular weight is 412 g/mol. The fraction of sp³-hybridized carbons (Fsp3) is 0.542. The maximum absolute atomic E-state index is 13.2. The van der Waals surface area contributed by atoms with Gasteiger partial charge in [-0.05, 0) is 26.3 Å². The van der Waals surface area contributed by atoms with Crippen molar-refractivity contribution in [2.75, 3.05) is 13.2 Å². The Morgan fingerprint density at radius 1 is 1.20 bits per heavy atom. The molecule has 1 aliphatic heterocycles. The summed E-state index contributed by atoms with van der Waals surface area (Å²) in [4.78, 5) is 18.0. The zero-order chi connectivity index (χ0) is 22.1. The van der Waals surface area contributed by atoms with E-state index in [-0.39, 0.29) is 17.3 Å². The molecule has 2 atom stereocenters. The molecule has 0 bridgehead atoms. The summed E-state index contributed by atoms with van der Waals surface area (Å²) in [6, 6.07) is 7.94. The molecule has 162 valence electrons. The van der Waals surface area contributed by atoms with Gasteiger partial charge in [0.25, 0.3) is 0 Å². The van der Waals surface area contributed by atoms with Crippen LogP contribution >= 0.6 is 0 Å². The summed E-state index contributed by atoms with van der Waals surface area (Å²) in [6.07, 6.45) is 0.778. The summed E-state index contributed by atoms with van der Waals surface area (Å²) in [6.45, 7) is 13.2. The molecule has 6 heteroatoms. The van der Waals surface area contributed by atoms with Crippen molar-refractivity contribution in [3.05, 3.63) is 41.1 Å². The number of hydrogen-bond donors (Lipinski definition) is 0. The fourth-order valence-electron chi connectivity index (χ4n) is 4.11. The molecule has 30 heavy (non-hydrogen) atoms. The molecule has 0 N–H and O–H groups in total. The van der Waals surface area contributed by atoms with Gasteiger partial charge in [-0.15, -0.1) is 0 Å². The van der Waals surface area contributed by atoms with E-state index in [2.05, 4.69) is 20.8 Å². The third-order valence-corrected chi connectivity index (χ3v) is 5.40.